The second kappa shape index (κ2) is 7.35. The average molecular weight is 345 g/mol. The van der Waals surface area contributed by atoms with Crippen molar-refractivity contribution in [1.29, 1.82) is 0 Å². The maximum absolute atomic E-state index is 13.6. The molecule has 1 aliphatic rings. The maximum Gasteiger partial charge on any atom is 0.251 e. The van der Waals surface area contributed by atoms with Gasteiger partial charge in [0.2, 0.25) is 0 Å². The van der Waals surface area contributed by atoms with Gasteiger partial charge in [0, 0.05) is 36.8 Å². The summed E-state index contributed by atoms with van der Waals surface area (Å²) in [5.74, 6) is 0.319. The number of piperidine rings is 1. The molecule has 0 bridgehead atoms. The Morgan fingerprint density at radius 3 is 2.64 bits per heavy atom. The van der Waals surface area contributed by atoms with Crippen LogP contribution in [0.1, 0.15) is 45.8 Å². The summed E-state index contributed by atoms with van der Waals surface area (Å²) in [7, 11) is 0. The van der Waals surface area contributed by atoms with Crippen molar-refractivity contribution in [2.45, 2.75) is 46.2 Å². The van der Waals surface area contributed by atoms with Crippen LogP contribution in [0.15, 0.2) is 22.7 Å². The number of hydrogen-bond acceptors (Lipinski definition) is 4. The van der Waals surface area contributed by atoms with Crippen LogP contribution in [0.25, 0.3) is 0 Å². The molecule has 1 fully saturated rings. The minimum Gasteiger partial charge on any atom is -0.361 e. The van der Waals surface area contributed by atoms with Crippen LogP contribution in [0.4, 0.5) is 4.39 Å². The second-order valence-electron chi connectivity index (χ2n) is 6.79. The predicted octanol–water partition coefficient (Wildman–Crippen LogP) is 3.13. The molecule has 5 nitrogen and oxygen atoms in total. The zero-order valence-electron chi connectivity index (χ0n) is 14.9. The number of carbonyl (C=O) groups is 1. The fraction of sp³-hybridized carbons (Fsp3) is 0.474. The highest BCUT2D eigenvalue weighted by Gasteiger charge is 2.23. The first-order chi connectivity index (χ1) is 11.9. The highest BCUT2D eigenvalue weighted by atomic mass is 19.1. The van der Waals surface area contributed by atoms with E-state index in [1.807, 2.05) is 13.8 Å². The lowest BCUT2D eigenvalue weighted by molar-refractivity contribution is 0.0908. The van der Waals surface area contributed by atoms with Gasteiger partial charge in [0.1, 0.15) is 11.6 Å². The summed E-state index contributed by atoms with van der Waals surface area (Å²) in [6, 6.07) is 4.73. The van der Waals surface area contributed by atoms with E-state index in [1.165, 1.54) is 6.07 Å². The van der Waals surface area contributed by atoms with Crippen molar-refractivity contribution in [3.63, 3.8) is 0 Å². The molecule has 0 saturated carbocycles. The smallest absolute Gasteiger partial charge is 0.251 e. The van der Waals surface area contributed by atoms with Crippen molar-refractivity contribution in [3.8, 4) is 0 Å². The van der Waals surface area contributed by atoms with Gasteiger partial charge in [-0.05, 0) is 51.3 Å². The fourth-order valence-corrected chi connectivity index (χ4v) is 3.19. The standard InChI is InChI=1S/C19H24FN3O2/c1-12-4-5-15(10-18(12)20)19(24)21-16-6-8-23(9-7-16)11-17-13(2)22-25-14(17)3/h4-5,10,16H,6-9,11H2,1-3H3,(H,21,24). The Balaban J connectivity index is 1.52. The number of benzene rings is 1. The van der Waals surface area contributed by atoms with Crippen LogP contribution in [0.2, 0.25) is 0 Å². The molecular weight excluding hydrogens is 321 g/mol. The van der Waals surface area contributed by atoms with Gasteiger partial charge in [-0.1, -0.05) is 11.2 Å². The molecule has 1 N–H and O–H groups in total. The van der Waals surface area contributed by atoms with E-state index in [2.05, 4.69) is 15.4 Å². The van der Waals surface area contributed by atoms with Gasteiger partial charge in [-0.25, -0.2) is 4.39 Å². The Hall–Kier alpha value is -2.21. The third-order valence-corrected chi connectivity index (χ3v) is 4.92. The molecular formula is C19H24FN3O2. The molecule has 25 heavy (non-hydrogen) atoms. The van der Waals surface area contributed by atoms with E-state index < -0.39 is 0 Å². The topological polar surface area (TPSA) is 58.4 Å². The number of likely N-dealkylation sites (tertiary alicyclic amines) is 1. The van der Waals surface area contributed by atoms with E-state index in [9.17, 15) is 9.18 Å². The molecule has 1 aromatic heterocycles. The van der Waals surface area contributed by atoms with Gasteiger partial charge in [0.05, 0.1) is 5.69 Å². The fourth-order valence-electron chi connectivity index (χ4n) is 3.19. The number of amides is 1. The maximum atomic E-state index is 13.6. The van der Waals surface area contributed by atoms with Crippen molar-refractivity contribution in [1.82, 2.24) is 15.4 Å². The first-order valence-electron chi connectivity index (χ1n) is 8.65. The van der Waals surface area contributed by atoms with E-state index >= 15 is 0 Å². The molecule has 0 aliphatic carbocycles. The summed E-state index contributed by atoms with van der Waals surface area (Å²) in [6.07, 6.45) is 1.76. The molecule has 0 unspecified atom stereocenters. The molecule has 0 spiro atoms. The summed E-state index contributed by atoms with van der Waals surface area (Å²) in [4.78, 5) is 14.6. The molecule has 1 aromatic carbocycles. The summed E-state index contributed by atoms with van der Waals surface area (Å²) in [5, 5.41) is 7.01. The molecule has 6 heteroatoms. The second-order valence-corrected chi connectivity index (χ2v) is 6.79. The predicted molar refractivity (Wildman–Crippen MR) is 92.9 cm³/mol. The van der Waals surface area contributed by atoms with Gasteiger partial charge in [-0.2, -0.15) is 0 Å². The zero-order chi connectivity index (χ0) is 18.0. The minimum absolute atomic E-state index is 0.123. The van der Waals surface area contributed by atoms with Gasteiger partial charge in [-0.15, -0.1) is 0 Å². The van der Waals surface area contributed by atoms with Gasteiger partial charge in [-0.3, -0.25) is 9.69 Å². The van der Waals surface area contributed by atoms with E-state index in [-0.39, 0.29) is 17.8 Å². The number of rotatable bonds is 4. The van der Waals surface area contributed by atoms with Gasteiger partial charge in [0.25, 0.3) is 5.91 Å². The molecule has 1 saturated heterocycles. The van der Waals surface area contributed by atoms with E-state index in [0.717, 1.165) is 49.5 Å². The molecule has 1 amide bonds. The largest absolute Gasteiger partial charge is 0.361 e. The Labute approximate surface area is 147 Å². The van der Waals surface area contributed by atoms with Crippen LogP contribution in [-0.2, 0) is 6.54 Å². The van der Waals surface area contributed by atoms with E-state index in [1.54, 1.807) is 19.1 Å². The van der Waals surface area contributed by atoms with Crippen LogP contribution < -0.4 is 5.32 Å². The van der Waals surface area contributed by atoms with E-state index in [4.69, 9.17) is 4.52 Å². The van der Waals surface area contributed by atoms with Crippen molar-refractivity contribution < 1.29 is 13.7 Å². The first-order valence-corrected chi connectivity index (χ1v) is 8.65. The quantitative estimate of drug-likeness (QED) is 0.925. The number of halogens is 1. The highest BCUT2D eigenvalue weighted by Crippen LogP contribution is 2.19. The average Bonchev–Trinajstić information content (AvgIpc) is 2.91. The summed E-state index contributed by atoms with van der Waals surface area (Å²) < 4.78 is 18.8. The van der Waals surface area contributed by atoms with Gasteiger partial charge >= 0.3 is 0 Å². The normalized spacial score (nSPS) is 16.2. The van der Waals surface area contributed by atoms with Crippen molar-refractivity contribution in [2.24, 2.45) is 0 Å². The Kier molecular flexibility index (Phi) is 5.18. The summed E-state index contributed by atoms with van der Waals surface area (Å²) in [6.45, 7) is 8.20. The highest BCUT2D eigenvalue weighted by molar-refractivity contribution is 5.94. The molecule has 134 valence electrons. The van der Waals surface area contributed by atoms with Crippen molar-refractivity contribution in [3.05, 3.63) is 52.2 Å². The number of nitrogens with zero attached hydrogens (tertiary/aromatic N) is 2. The van der Waals surface area contributed by atoms with Crippen molar-refractivity contribution >= 4 is 5.91 Å². The SMILES string of the molecule is Cc1ccc(C(=O)NC2CCN(Cc3c(C)noc3C)CC2)cc1F. The van der Waals surface area contributed by atoms with E-state index in [0.29, 0.717) is 11.1 Å². The Bertz CT molecular complexity index is 745. The molecule has 1 aliphatic heterocycles. The first kappa shape index (κ1) is 17.6. The number of aromatic nitrogens is 1. The number of carbonyl (C=O) groups excluding carboxylic acids is 1. The van der Waals surface area contributed by atoms with Crippen LogP contribution in [0.5, 0.6) is 0 Å². The monoisotopic (exact) mass is 345 g/mol. The molecule has 2 aromatic rings. The molecule has 2 heterocycles. The Morgan fingerprint density at radius 2 is 2.04 bits per heavy atom. The van der Waals surface area contributed by atoms with Crippen LogP contribution >= 0.6 is 0 Å². The lowest BCUT2D eigenvalue weighted by atomic mass is 10.0. The lowest BCUT2D eigenvalue weighted by Crippen LogP contribution is -2.44. The minimum atomic E-state index is -0.345. The molecule has 3 rings (SSSR count). The lowest BCUT2D eigenvalue weighted by Gasteiger charge is -2.32. The Morgan fingerprint density at radius 1 is 1.32 bits per heavy atom. The van der Waals surface area contributed by atoms with Crippen LogP contribution in [-0.4, -0.2) is 35.1 Å². The van der Waals surface area contributed by atoms with Crippen LogP contribution in [0.3, 0.4) is 0 Å². The summed E-state index contributed by atoms with van der Waals surface area (Å²) in [5.41, 5.74) is 3.01. The number of nitrogens with one attached hydrogen (secondary N) is 1. The third kappa shape index (κ3) is 4.07. The van der Waals surface area contributed by atoms with Gasteiger partial charge < -0.3 is 9.84 Å². The third-order valence-electron chi connectivity index (χ3n) is 4.92. The van der Waals surface area contributed by atoms with Gasteiger partial charge in [0.15, 0.2) is 0 Å². The molecule has 0 radical (unpaired) electrons. The van der Waals surface area contributed by atoms with Crippen LogP contribution in [0, 0.1) is 26.6 Å². The number of aryl methyl sites for hydroxylation is 3. The molecule has 0 atom stereocenters. The van der Waals surface area contributed by atoms with Crippen molar-refractivity contribution in [2.75, 3.05) is 13.1 Å². The summed E-state index contributed by atoms with van der Waals surface area (Å²) >= 11 is 0. The zero-order valence-corrected chi connectivity index (χ0v) is 14.9. The number of hydrogen-bond donors (Lipinski definition) is 1.